The van der Waals surface area contributed by atoms with E-state index in [0.29, 0.717) is 5.56 Å². The average molecular weight is 348 g/mol. The number of amides is 2. The van der Waals surface area contributed by atoms with Crippen molar-refractivity contribution in [1.29, 1.82) is 0 Å². The third-order valence-electron chi connectivity index (χ3n) is 3.69. The highest BCUT2D eigenvalue weighted by atomic mass is 16.2. The summed E-state index contributed by atoms with van der Waals surface area (Å²) < 4.78 is 0. The highest BCUT2D eigenvalue weighted by Gasteiger charge is 2.14. The molecular formula is C20H33N3O2. The van der Waals surface area contributed by atoms with Crippen LogP contribution < -0.4 is 16.0 Å². The van der Waals surface area contributed by atoms with Crippen LogP contribution in [-0.4, -0.2) is 30.4 Å². The van der Waals surface area contributed by atoms with Gasteiger partial charge in [0.25, 0.3) is 5.91 Å². The fourth-order valence-corrected chi connectivity index (χ4v) is 2.35. The van der Waals surface area contributed by atoms with E-state index >= 15 is 0 Å². The summed E-state index contributed by atoms with van der Waals surface area (Å²) in [5.74, 6) is -0.107. The average Bonchev–Trinajstić information content (AvgIpc) is 2.55. The van der Waals surface area contributed by atoms with Gasteiger partial charge in [-0.15, -0.1) is 0 Å². The van der Waals surface area contributed by atoms with Crippen LogP contribution in [0.15, 0.2) is 24.3 Å². The Morgan fingerprint density at radius 1 is 0.960 bits per heavy atom. The van der Waals surface area contributed by atoms with Crippen LogP contribution >= 0.6 is 0 Å². The minimum atomic E-state index is -0.261. The molecule has 0 radical (unpaired) electrons. The summed E-state index contributed by atoms with van der Waals surface area (Å²) in [6.07, 6.45) is 5.93. The summed E-state index contributed by atoms with van der Waals surface area (Å²) in [7, 11) is 0. The molecule has 0 saturated carbocycles. The number of carbonyl (C=O) groups excluding carboxylic acids is 2. The summed E-state index contributed by atoms with van der Waals surface area (Å²) in [5, 5.41) is 8.92. The van der Waals surface area contributed by atoms with Crippen molar-refractivity contribution in [2.24, 2.45) is 0 Å². The third kappa shape index (κ3) is 9.75. The molecule has 0 bridgehead atoms. The number of hydrogen-bond donors (Lipinski definition) is 3. The second kappa shape index (κ2) is 10.7. The molecule has 140 valence electrons. The van der Waals surface area contributed by atoms with E-state index in [0.717, 1.165) is 18.7 Å². The minimum absolute atomic E-state index is 0.00922. The summed E-state index contributed by atoms with van der Waals surface area (Å²) in [5.41, 5.74) is 1.17. The molecule has 0 heterocycles. The van der Waals surface area contributed by atoms with E-state index < -0.39 is 0 Å². The van der Waals surface area contributed by atoms with Crippen molar-refractivity contribution in [2.75, 3.05) is 18.4 Å². The van der Waals surface area contributed by atoms with Gasteiger partial charge in [-0.25, -0.2) is 0 Å². The highest BCUT2D eigenvalue weighted by molar-refractivity contribution is 5.95. The molecule has 5 nitrogen and oxygen atoms in total. The lowest BCUT2D eigenvalue weighted by atomic mass is 10.1. The molecule has 0 aliphatic rings. The lowest BCUT2D eigenvalue weighted by molar-refractivity contribution is -0.119. The van der Waals surface area contributed by atoms with Crippen molar-refractivity contribution in [1.82, 2.24) is 10.6 Å². The van der Waals surface area contributed by atoms with Gasteiger partial charge in [-0.05, 0) is 51.5 Å². The predicted molar refractivity (Wildman–Crippen MR) is 104 cm³/mol. The molecular weight excluding hydrogens is 314 g/mol. The molecule has 0 aliphatic heterocycles. The molecule has 1 rings (SSSR count). The Morgan fingerprint density at radius 2 is 1.60 bits per heavy atom. The maximum Gasteiger partial charge on any atom is 0.251 e. The topological polar surface area (TPSA) is 70.2 Å². The van der Waals surface area contributed by atoms with Crippen molar-refractivity contribution in [3.8, 4) is 0 Å². The minimum Gasteiger partial charge on any atom is -0.376 e. The quantitative estimate of drug-likeness (QED) is 0.565. The van der Waals surface area contributed by atoms with Gasteiger partial charge in [-0.1, -0.05) is 32.6 Å². The lowest BCUT2D eigenvalue weighted by Gasteiger charge is -2.20. The molecule has 1 aromatic rings. The van der Waals surface area contributed by atoms with Crippen molar-refractivity contribution in [3.63, 3.8) is 0 Å². The number of anilines is 1. The highest BCUT2D eigenvalue weighted by Crippen LogP contribution is 2.10. The molecule has 0 fully saturated rings. The fourth-order valence-electron chi connectivity index (χ4n) is 2.35. The summed E-state index contributed by atoms with van der Waals surface area (Å²) in [6.45, 7) is 9.01. The monoisotopic (exact) mass is 347 g/mol. The molecule has 2 amide bonds. The van der Waals surface area contributed by atoms with Gasteiger partial charge in [0.05, 0.1) is 6.54 Å². The van der Waals surface area contributed by atoms with Gasteiger partial charge in [0.1, 0.15) is 0 Å². The Kier molecular flexibility index (Phi) is 9.03. The van der Waals surface area contributed by atoms with Crippen molar-refractivity contribution in [2.45, 2.75) is 65.3 Å². The van der Waals surface area contributed by atoms with Gasteiger partial charge in [0.15, 0.2) is 0 Å². The van der Waals surface area contributed by atoms with E-state index in [1.54, 1.807) is 12.1 Å². The van der Waals surface area contributed by atoms with Crippen molar-refractivity contribution < 1.29 is 9.59 Å². The van der Waals surface area contributed by atoms with Crippen LogP contribution in [0.25, 0.3) is 0 Å². The van der Waals surface area contributed by atoms with Gasteiger partial charge < -0.3 is 16.0 Å². The Bertz CT molecular complexity index is 533. The van der Waals surface area contributed by atoms with Crippen LogP contribution in [0, 0.1) is 0 Å². The Morgan fingerprint density at radius 3 is 2.20 bits per heavy atom. The molecule has 0 spiro atoms. The van der Waals surface area contributed by atoms with Gasteiger partial charge in [0.2, 0.25) is 5.91 Å². The second-order valence-corrected chi connectivity index (χ2v) is 7.40. The van der Waals surface area contributed by atoms with Crippen LogP contribution in [0.3, 0.4) is 0 Å². The Labute approximate surface area is 152 Å². The number of carbonyl (C=O) groups is 2. The van der Waals surface area contributed by atoms with Gasteiger partial charge in [-0.2, -0.15) is 0 Å². The van der Waals surface area contributed by atoms with E-state index in [1.165, 1.54) is 25.7 Å². The summed E-state index contributed by atoms with van der Waals surface area (Å²) in [4.78, 5) is 23.9. The molecule has 0 unspecified atom stereocenters. The normalized spacial score (nSPS) is 11.0. The second-order valence-electron chi connectivity index (χ2n) is 7.40. The SMILES string of the molecule is CCCCCCCNC(=O)CNc1ccc(C(=O)NC(C)(C)C)cc1. The number of nitrogens with one attached hydrogen (secondary N) is 3. The smallest absolute Gasteiger partial charge is 0.251 e. The van der Waals surface area contributed by atoms with Gasteiger partial charge in [-0.3, -0.25) is 9.59 Å². The molecule has 0 aromatic heterocycles. The van der Waals surface area contributed by atoms with Gasteiger partial charge in [0, 0.05) is 23.3 Å². The van der Waals surface area contributed by atoms with E-state index in [2.05, 4.69) is 22.9 Å². The van der Waals surface area contributed by atoms with Crippen LogP contribution in [0.1, 0.15) is 70.2 Å². The van der Waals surface area contributed by atoms with Gasteiger partial charge >= 0.3 is 0 Å². The molecule has 3 N–H and O–H groups in total. The molecule has 25 heavy (non-hydrogen) atoms. The fraction of sp³-hybridized carbons (Fsp3) is 0.600. The zero-order valence-electron chi connectivity index (χ0n) is 16.1. The first-order chi connectivity index (χ1) is 11.8. The Hall–Kier alpha value is -2.04. The van der Waals surface area contributed by atoms with E-state index in [1.807, 2.05) is 32.9 Å². The third-order valence-corrected chi connectivity index (χ3v) is 3.69. The van der Waals surface area contributed by atoms with E-state index in [4.69, 9.17) is 0 Å². The molecule has 0 saturated heterocycles. The maximum absolute atomic E-state index is 12.1. The zero-order chi connectivity index (χ0) is 18.7. The molecule has 5 heteroatoms. The number of benzene rings is 1. The van der Waals surface area contributed by atoms with E-state index in [9.17, 15) is 9.59 Å². The summed E-state index contributed by atoms with van der Waals surface area (Å²) >= 11 is 0. The van der Waals surface area contributed by atoms with Crippen molar-refractivity contribution in [3.05, 3.63) is 29.8 Å². The van der Waals surface area contributed by atoms with Crippen LogP contribution in [0.5, 0.6) is 0 Å². The summed E-state index contributed by atoms with van der Waals surface area (Å²) in [6, 6.07) is 7.15. The standard InChI is InChI=1S/C20H33N3O2/c1-5-6-7-8-9-14-21-18(24)15-22-17-12-10-16(11-13-17)19(25)23-20(2,3)4/h10-13,22H,5-9,14-15H2,1-4H3,(H,21,24)(H,23,25). The first-order valence-electron chi connectivity index (χ1n) is 9.25. The maximum atomic E-state index is 12.1. The number of hydrogen-bond acceptors (Lipinski definition) is 3. The number of unbranched alkanes of at least 4 members (excludes halogenated alkanes) is 4. The lowest BCUT2D eigenvalue weighted by Crippen LogP contribution is -2.40. The van der Waals surface area contributed by atoms with Crippen LogP contribution in [0.2, 0.25) is 0 Å². The van der Waals surface area contributed by atoms with Crippen LogP contribution in [-0.2, 0) is 4.79 Å². The van der Waals surface area contributed by atoms with Crippen LogP contribution in [0.4, 0.5) is 5.69 Å². The number of rotatable bonds is 10. The predicted octanol–water partition coefficient (Wildman–Crippen LogP) is 3.71. The zero-order valence-corrected chi connectivity index (χ0v) is 16.1. The molecule has 1 aromatic carbocycles. The first kappa shape index (κ1) is 21.0. The molecule has 0 atom stereocenters. The first-order valence-corrected chi connectivity index (χ1v) is 9.25. The largest absolute Gasteiger partial charge is 0.376 e. The van der Waals surface area contributed by atoms with E-state index in [-0.39, 0.29) is 23.9 Å². The van der Waals surface area contributed by atoms with Crippen molar-refractivity contribution >= 4 is 17.5 Å². The Balaban J connectivity index is 2.29. The molecule has 0 aliphatic carbocycles.